The van der Waals surface area contributed by atoms with Crippen LogP contribution in [0.25, 0.3) is 10.1 Å². The molecule has 1 aliphatic rings. The Morgan fingerprint density at radius 3 is 3.13 bits per heavy atom. The SMILES string of the molecule is O=C(O)C1CN(Cc2cc3ccncc3s2)Cc2nccn2C1. The molecular formula is C16H16N4O2S. The molecule has 0 aromatic carbocycles. The molecule has 0 spiro atoms. The Kier molecular flexibility index (Phi) is 3.59. The van der Waals surface area contributed by atoms with Crippen LogP contribution >= 0.6 is 11.3 Å². The first-order valence-electron chi connectivity index (χ1n) is 7.46. The molecule has 3 aromatic rings. The summed E-state index contributed by atoms with van der Waals surface area (Å²) in [6.07, 6.45) is 7.27. The second kappa shape index (κ2) is 5.75. The Morgan fingerprint density at radius 1 is 1.39 bits per heavy atom. The Morgan fingerprint density at radius 2 is 2.30 bits per heavy atom. The summed E-state index contributed by atoms with van der Waals surface area (Å²) in [5.74, 6) is -0.241. The highest BCUT2D eigenvalue weighted by molar-refractivity contribution is 7.19. The van der Waals surface area contributed by atoms with Gasteiger partial charge in [-0.15, -0.1) is 11.3 Å². The molecule has 0 saturated heterocycles. The Labute approximate surface area is 137 Å². The lowest BCUT2D eigenvalue weighted by Gasteiger charge is -2.20. The first-order chi connectivity index (χ1) is 11.2. The van der Waals surface area contributed by atoms with Gasteiger partial charge in [-0.2, -0.15) is 0 Å². The van der Waals surface area contributed by atoms with Crippen LogP contribution < -0.4 is 0 Å². The van der Waals surface area contributed by atoms with E-state index in [0.29, 0.717) is 19.6 Å². The van der Waals surface area contributed by atoms with E-state index in [-0.39, 0.29) is 0 Å². The number of pyridine rings is 1. The van der Waals surface area contributed by atoms with Crippen molar-refractivity contribution in [2.24, 2.45) is 5.92 Å². The summed E-state index contributed by atoms with van der Waals surface area (Å²) in [5, 5.41) is 10.6. The number of carboxylic acids is 1. The average Bonchev–Trinajstić information content (AvgIpc) is 3.08. The van der Waals surface area contributed by atoms with Crippen molar-refractivity contribution in [1.29, 1.82) is 0 Å². The molecule has 6 nitrogen and oxygen atoms in total. The highest BCUT2D eigenvalue weighted by atomic mass is 32.1. The molecule has 4 heterocycles. The van der Waals surface area contributed by atoms with Crippen LogP contribution in [0.2, 0.25) is 0 Å². The molecule has 0 saturated carbocycles. The van der Waals surface area contributed by atoms with Crippen LogP contribution in [0.3, 0.4) is 0 Å². The first kappa shape index (κ1) is 14.3. The highest BCUT2D eigenvalue weighted by Crippen LogP contribution is 2.27. The zero-order chi connectivity index (χ0) is 15.8. The molecule has 1 N–H and O–H groups in total. The smallest absolute Gasteiger partial charge is 0.309 e. The molecule has 7 heteroatoms. The number of carbonyl (C=O) groups is 1. The Bertz CT molecular complexity index is 824. The fourth-order valence-corrected chi connectivity index (χ4v) is 4.12. The summed E-state index contributed by atoms with van der Waals surface area (Å²) < 4.78 is 3.11. The van der Waals surface area contributed by atoms with Gasteiger partial charge in [0, 0.05) is 49.3 Å². The molecule has 1 atom stereocenters. The van der Waals surface area contributed by atoms with Gasteiger partial charge in [-0.3, -0.25) is 14.7 Å². The van der Waals surface area contributed by atoms with Gasteiger partial charge in [0.1, 0.15) is 5.82 Å². The summed E-state index contributed by atoms with van der Waals surface area (Å²) in [7, 11) is 0. The number of aliphatic carboxylic acids is 1. The van der Waals surface area contributed by atoms with Gasteiger partial charge in [-0.25, -0.2) is 4.98 Å². The predicted molar refractivity (Wildman–Crippen MR) is 87.1 cm³/mol. The van der Waals surface area contributed by atoms with Gasteiger partial charge in [0.2, 0.25) is 0 Å². The van der Waals surface area contributed by atoms with Crippen molar-refractivity contribution >= 4 is 27.4 Å². The Balaban J connectivity index is 1.60. The summed E-state index contributed by atoms with van der Waals surface area (Å²) in [5.41, 5.74) is 0. The standard InChI is InChI=1S/C16H16N4O2S/c21-16(22)12-7-19(10-15-18-3-4-20(15)8-12)9-13-5-11-1-2-17-6-14(11)23-13/h1-6,12H,7-10H2,(H,21,22). The number of aromatic nitrogens is 3. The maximum absolute atomic E-state index is 11.5. The van der Waals surface area contributed by atoms with Crippen LogP contribution in [-0.4, -0.2) is 37.1 Å². The predicted octanol–water partition coefficient (Wildman–Crippen LogP) is 2.21. The third kappa shape index (κ3) is 2.85. The number of hydrogen-bond donors (Lipinski definition) is 1. The van der Waals surface area contributed by atoms with Gasteiger partial charge >= 0.3 is 5.97 Å². The minimum Gasteiger partial charge on any atom is -0.481 e. The van der Waals surface area contributed by atoms with Crippen molar-refractivity contribution < 1.29 is 9.90 Å². The molecule has 0 aliphatic carbocycles. The molecule has 3 aromatic heterocycles. The highest BCUT2D eigenvalue weighted by Gasteiger charge is 2.27. The molecular weight excluding hydrogens is 312 g/mol. The molecule has 118 valence electrons. The fourth-order valence-electron chi connectivity index (χ4n) is 3.04. The van der Waals surface area contributed by atoms with Crippen molar-refractivity contribution in [2.45, 2.75) is 19.6 Å². The molecule has 0 amide bonds. The number of rotatable bonds is 3. The first-order valence-corrected chi connectivity index (χ1v) is 8.28. The molecule has 4 rings (SSSR count). The average molecular weight is 328 g/mol. The molecule has 23 heavy (non-hydrogen) atoms. The second-order valence-corrected chi connectivity index (χ2v) is 7.00. The topological polar surface area (TPSA) is 71.2 Å². The van der Waals surface area contributed by atoms with E-state index in [0.717, 1.165) is 17.1 Å². The molecule has 0 fully saturated rings. The Hall–Kier alpha value is -2.25. The van der Waals surface area contributed by atoms with Gasteiger partial charge in [0.25, 0.3) is 0 Å². The lowest BCUT2D eigenvalue weighted by Crippen LogP contribution is -2.31. The summed E-state index contributed by atoms with van der Waals surface area (Å²) in [4.78, 5) is 23.4. The summed E-state index contributed by atoms with van der Waals surface area (Å²) in [6, 6.07) is 4.17. The zero-order valence-electron chi connectivity index (χ0n) is 12.4. The molecule has 0 bridgehead atoms. The van der Waals surface area contributed by atoms with Crippen LogP contribution in [0.5, 0.6) is 0 Å². The minimum atomic E-state index is -0.753. The van der Waals surface area contributed by atoms with E-state index in [9.17, 15) is 9.90 Å². The van der Waals surface area contributed by atoms with Crippen LogP contribution in [0, 0.1) is 5.92 Å². The van der Waals surface area contributed by atoms with E-state index >= 15 is 0 Å². The second-order valence-electron chi connectivity index (χ2n) is 5.83. The third-order valence-electron chi connectivity index (χ3n) is 4.17. The van der Waals surface area contributed by atoms with Crippen LogP contribution in [-0.2, 0) is 24.4 Å². The quantitative estimate of drug-likeness (QED) is 0.798. The number of imidazole rings is 1. The van der Waals surface area contributed by atoms with E-state index in [1.165, 1.54) is 10.3 Å². The van der Waals surface area contributed by atoms with Crippen molar-refractivity contribution in [2.75, 3.05) is 6.54 Å². The van der Waals surface area contributed by atoms with Gasteiger partial charge in [0.05, 0.1) is 17.2 Å². The van der Waals surface area contributed by atoms with E-state index in [1.807, 2.05) is 23.0 Å². The minimum absolute atomic E-state index is 0.415. The van der Waals surface area contributed by atoms with Crippen LogP contribution in [0.15, 0.2) is 36.9 Å². The molecule has 1 unspecified atom stereocenters. The van der Waals surface area contributed by atoms with Gasteiger partial charge in [-0.05, 0) is 17.5 Å². The van der Waals surface area contributed by atoms with Gasteiger partial charge in [-0.1, -0.05) is 0 Å². The summed E-state index contributed by atoms with van der Waals surface area (Å²) >= 11 is 1.71. The normalized spacial score (nSPS) is 18.7. The number of carboxylic acid groups (broad SMARTS) is 1. The monoisotopic (exact) mass is 328 g/mol. The number of thiophene rings is 1. The van der Waals surface area contributed by atoms with E-state index in [4.69, 9.17) is 0 Å². The largest absolute Gasteiger partial charge is 0.481 e. The zero-order valence-corrected chi connectivity index (χ0v) is 13.2. The molecule has 0 radical (unpaired) electrons. The van der Waals surface area contributed by atoms with Crippen LogP contribution in [0.4, 0.5) is 0 Å². The lowest BCUT2D eigenvalue weighted by atomic mass is 10.1. The van der Waals surface area contributed by atoms with Crippen molar-refractivity contribution in [3.63, 3.8) is 0 Å². The van der Waals surface area contributed by atoms with Crippen molar-refractivity contribution in [3.05, 3.63) is 47.6 Å². The maximum atomic E-state index is 11.5. The van der Waals surface area contributed by atoms with Crippen LogP contribution in [0.1, 0.15) is 10.7 Å². The number of nitrogens with zero attached hydrogens (tertiary/aromatic N) is 4. The third-order valence-corrected chi connectivity index (χ3v) is 5.24. The maximum Gasteiger partial charge on any atom is 0.309 e. The van der Waals surface area contributed by atoms with Crippen molar-refractivity contribution in [1.82, 2.24) is 19.4 Å². The van der Waals surface area contributed by atoms with Crippen molar-refractivity contribution in [3.8, 4) is 0 Å². The van der Waals surface area contributed by atoms with Gasteiger partial charge < -0.3 is 9.67 Å². The van der Waals surface area contributed by atoms with E-state index in [1.54, 1.807) is 23.7 Å². The van der Waals surface area contributed by atoms with E-state index < -0.39 is 11.9 Å². The van der Waals surface area contributed by atoms with Gasteiger partial charge in [0.15, 0.2) is 0 Å². The molecule has 1 aliphatic heterocycles. The fraction of sp³-hybridized carbons (Fsp3) is 0.312. The number of fused-ring (bicyclic) bond motifs is 2. The number of hydrogen-bond acceptors (Lipinski definition) is 5. The van der Waals surface area contributed by atoms with E-state index in [2.05, 4.69) is 20.9 Å². The lowest BCUT2D eigenvalue weighted by molar-refractivity contribution is -0.142. The summed E-state index contributed by atoms with van der Waals surface area (Å²) in [6.45, 7) is 2.42.